The smallest absolute Gasteiger partial charge is 0.232 e. The molecule has 108 valence electrons. The van der Waals surface area contributed by atoms with Gasteiger partial charge in [-0.15, -0.1) is 11.8 Å². The Morgan fingerprint density at radius 2 is 1.37 bits per heavy atom. The van der Waals surface area contributed by atoms with Gasteiger partial charge < -0.3 is 15.1 Å². The van der Waals surface area contributed by atoms with E-state index >= 15 is 0 Å². The van der Waals surface area contributed by atoms with E-state index in [1.165, 1.54) is 18.2 Å². The fraction of sp³-hybridized carbons (Fsp3) is 0.846. The average Bonchev–Trinajstić information content (AvgIpc) is 2.49. The van der Waals surface area contributed by atoms with Crippen molar-refractivity contribution in [2.45, 2.75) is 19.3 Å². The number of rotatable bonds is 4. The quantitative estimate of drug-likeness (QED) is 0.800. The summed E-state index contributed by atoms with van der Waals surface area (Å²) >= 11 is 1.45. The topological polar surface area (TPSA) is 52.7 Å². The van der Waals surface area contributed by atoms with Crippen LogP contribution in [0.5, 0.6) is 0 Å². The summed E-state index contributed by atoms with van der Waals surface area (Å²) < 4.78 is 0. The molecule has 5 nitrogen and oxygen atoms in total. The first-order valence-electron chi connectivity index (χ1n) is 7.11. The molecule has 0 aromatic heterocycles. The van der Waals surface area contributed by atoms with Gasteiger partial charge in [0, 0.05) is 39.3 Å². The van der Waals surface area contributed by atoms with Gasteiger partial charge in [-0.25, -0.2) is 0 Å². The van der Waals surface area contributed by atoms with Gasteiger partial charge in [0.15, 0.2) is 0 Å². The minimum absolute atomic E-state index is 0.165. The predicted octanol–water partition coefficient (Wildman–Crippen LogP) is 0.164. The Morgan fingerprint density at radius 1 is 0.842 bits per heavy atom. The maximum atomic E-state index is 11.9. The molecule has 0 saturated carbocycles. The molecule has 0 atom stereocenters. The van der Waals surface area contributed by atoms with Gasteiger partial charge in [0.25, 0.3) is 0 Å². The summed E-state index contributed by atoms with van der Waals surface area (Å²) in [5.41, 5.74) is 0. The second-order valence-electron chi connectivity index (χ2n) is 5.07. The van der Waals surface area contributed by atoms with E-state index in [1.807, 2.05) is 9.80 Å². The van der Waals surface area contributed by atoms with E-state index in [1.54, 1.807) is 0 Å². The van der Waals surface area contributed by atoms with E-state index in [4.69, 9.17) is 0 Å². The number of carbonyl (C=O) groups excluding carboxylic acids is 2. The van der Waals surface area contributed by atoms with Gasteiger partial charge in [-0.3, -0.25) is 9.59 Å². The monoisotopic (exact) mass is 285 g/mol. The molecule has 2 fully saturated rings. The van der Waals surface area contributed by atoms with E-state index < -0.39 is 0 Å². The predicted molar refractivity (Wildman–Crippen MR) is 77.2 cm³/mol. The van der Waals surface area contributed by atoms with Gasteiger partial charge in [0.2, 0.25) is 11.8 Å². The number of thioether (sulfide) groups is 1. The Kier molecular flexibility index (Phi) is 5.97. The summed E-state index contributed by atoms with van der Waals surface area (Å²) in [4.78, 5) is 27.7. The van der Waals surface area contributed by atoms with Crippen LogP contribution in [0, 0.1) is 0 Å². The molecule has 2 rings (SSSR count). The lowest BCUT2D eigenvalue weighted by atomic mass is 10.1. The lowest BCUT2D eigenvalue weighted by Gasteiger charge is -2.28. The highest BCUT2D eigenvalue weighted by molar-refractivity contribution is 8.00. The zero-order valence-corrected chi connectivity index (χ0v) is 12.2. The van der Waals surface area contributed by atoms with E-state index in [9.17, 15) is 9.59 Å². The summed E-state index contributed by atoms with van der Waals surface area (Å²) in [6, 6.07) is 0. The Morgan fingerprint density at radius 3 is 1.95 bits per heavy atom. The molecule has 2 aliphatic heterocycles. The summed E-state index contributed by atoms with van der Waals surface area (Å²) in [5.74, 6) is 1.23. The molecule has 0 spiro atoms. The van der Waals surface area contributed by atoms with Crippen LogP contribution in [0.25, 0.3) is 0 Å². The molecular weight excluding hydrogens is 262 g/mol. The SMILES string of the molecule is O=C(CSCC(=O)N1CCNCC1)N1CCCCC1. The molecule has 2 aliphatic rings. The molecule has 2 heterocycles. The van der Waals surface area contributed by atoms with Gasteiger partial charge in [0.05, 0.1) is 11.5 Å². The molecule has 0 bridgehead atoms. The highest BCUT2D eigenvalue weighted by atomic mass is 32.2. The number of piperidine rings is 1. The van der Waals surface area contributed by atoms with Crippen molar-refractivity contribution < 1.29 is 9.59 Å². The Bertz CT molecular complexity index is 283. The minimum Gasteiger partial charge on any atom is -0.342 e. The molecule has 0 radical (unpaired) electrons. The molecule has 0 unspecified atom stereocenters. The van der Waals surface area contributed by atoms with E-state index in [0.717, 1.165) is 52.1 Å². The minimum atomic E-state index is 0.165. The first kappa shape index (κ1) is 14.7. The van der Waals surface area contributed by atoms with Crippen molar-refractivity contribution in [1.29, 1.82) is 0 Å². The van der Waals surface area contributed by atoms with Gasteiger partial charge in [-0.05, 0) is 19.3 Å². The van der Waals surface area contributed by atoms with Crippen LogP contribution in [0.4, 0.5) is 0 Å². The molecule has 0 aromatic rings. The third kappa shape index (κ3) is 4.69. The third-order valence-electron chi connectivity index (χ3n) is 3.63. The number of piperazine rings is 1. The lowest BCUT2D eigenvalue weighted by molar-refractivity contribution is -0.129. The summed E-state index contributed by atoms with van der Waals surface area (Å²) in [5, 5.41) is 3.23. The molecular formula is C13H23N3O2S. The van der Waals surface area contributed by atoms with Crippen molar-refractivity contribution in [3.63, 3.8) is 0 Å². The van der Waals surface area contributed by atoms with Crippen LogP contribution in [0.1, 0.15) is 19.3 Å². The first-order chi connectivity index (χ1) is 9.27. The van der Waals surface area contributed by atoms with Crippen molar-refractivity contribution in [1.82, 2.24) is 15.1 Å². The highest BCUT2D eigenvalue weighted by Gasteiger charge is 2.19. The number of hydrogen-bond acceptors (Lipinski definition) is 4. The molecule has 2 amide bonds. The van der Waals surface area contributed by atoms with Crippen molar-refractivity contribution >= 4 is 23.6 Å². The normalized spacial score (nSPS) is 20.4. The van der Waals surface area contributed by atoms with E-state index in [-0.39, 0.29) is 11.8 Å². The fourth-order valence-corrected chi connectivity index (χ4v) is 3.28. The maximum absolute atomic E-state index is 11.9. The van der Waals surface area contributed by atoms with Gasteiger partial charge >= 0.3 is 0 Å². The van der Waals surface area contributed by atoms with Gasteiger partial charge in [-0.2, -0.15) is 0 Å². The van der Waals surface area contributed by atoms with Crippen LogP contribution in [0.2, 0.25) is 0 Å². The second kappa shape index (κ2) is 7.75. The van der Waals surface area contributed by atoms with Gasteiger partial charge in [-0.1, -0.05) is 0 Å². The van der Waals surface area contributed by atoms with Crippen molar-refractivity contribution in [3.05, 3.63) is 0 Å². The van der Waals surface area contributed by atoms with Crippen molar-refractivity contribution in [2.75, 3.05) is 50.8 Å². The number of nitrogens with zero attached hydrogens (tertiary/aromatic N) is 2. The van der Waals surface area contributed by atoms with E-state index in [2.05, 4.69) is 5.32 Å². The number of likely N-dealkylation sites (tertiary alicyclic amines) is 1. The maximum Gasteiger partial charge on any atom is 0.232 e. The molecule has 6 heteroatoms. The Balaban J connectivity index is 1.62. The Labute approximate surface area is 119 Å². The summed E-state index contributed by atoms with van der Waals surface area (Å²) in [6.07, 6.45) is 3.48. The zero-order chi connectivity index (χ0) is 13.5. The molecule has 0 aromatic carbocycles. The van der Waals surface area contributed by atoms with Crippen LogP contribution >= 0.6 is 11.8 Å². The third-order valence-corrected chi connectivity index (χ3v) is 4.53. The molecule has 19 heavy (non-hydrogen) atoms. The van der Waals surface area contributed by atoms with Crippen LogP contribution in [0.15, 0.2) is 0 Å². The van der Waals surface area contributed by atoms with Crippen LogP contribution in [-0.2, 0) is 9.59 Å². The van der Waals surface area contributed by atoms with Crippen LogP contribution in [-0.4, -0.2) is 72.4 Å². The number of carbonyl (C=O) groups is 2. The Hall–Kier alpha value is -0.750. The standard InChI is InChI=1S/C13H23N3O2S/c17-12(15-6-2-1-3-7-15)10-19-11-13(18)16-8-4-14-5-9-16/h14H,1-11H2. The van der Waals surface area contributed by atoms with E-state index in [0.29, 0.717) is 11.5 Å². The fourth-order valence-electron chi connectivity index (χ4n) is 2.47. The zero-order valence-electron chi connectivity index (χ0n) is 11.4. The molecule has 0 aliphatic carbocycles. The van der Waals surface area contributed by atoms with Gasteiger partial charge in [0.1, 0.15) is 0 Å². The van der Waals surface area contributed by atoms with Crippen molar-refractivity contribution in [2.24, 2.45) is 0 Å². The van der Waals surface area contributed by atoms with Crippen molar-refractivity contribution in [3.8, 4) is 0 Å². The highest BCUT2D eigenvalue weighted by Crippen LogP contribution is 2.11. The number of hydrogen-bond donors (Lipinski definition) is 1. The molecule has 1 N–H and O–H groups in total. The summed E-state index contributed by atoms with van der Waals surface area (Å²) in [7, 11) is 0. The average molecular weight is 285 g/mol. The summed E-state index contributed by atoms with van der Waals surface area (Å²) in [6.45, 7) is 5.13. The lowest BCUT2D eigenvalue weighted by Crippen LogP contribution is -2.47. The number of amides is 2. The van der Waals surface area contributed by atoms with Crippen LogP contribution in [0.3, 0.4) is 0 Å². The van der Waals surface area contributed by atoms with Crippen LogP contribution < -0.4 is 5.32 Å². The largest absolute Gasteiger partial charge is 0.342 e. The second-order valence-corrected chi connectivity index (χ2v) is 6.05. The first-order valence-corrected chi connectivity index (χ1v) is 8.27. The number of nitrogens with one attached hydrogen (secondary N) is 1. The molecule has 2 saturated heterocycles.